The van der Waals surface area contributed by atoms with E-state index in [-0.39, 0.29) is 23.4 Å². The lowest BCUT2D eigenvalue weighted by Crippen LogP contribution is -2.29. The highest BCUT2D eigenvalue weighted by Crippen LogP contribution is 2.46. The largest absolute Gasteiger partial charge is 0.506 e. The van der Waals surface area contributed by atoms with E-state index < -0.39 is 5.97 Å². The molecule has 5 rings (SSSR count). The first kappa shape index (κ1) is 24.8. The van der Waals surface area contributed by atoms with Crippen molar-refractivity contribution in [3.63, 3.8) is 0 Å². The van der Waals surface area contributed by atoms with Crippen molar-refractivity contribution >= 4 is 40.6 Å². The van der Waals surface area contributed by atoms with Gasteiger partial charge in [-0.15, -0.1) is 0 Å². The van der Waals surface area contributed by atoms with Crippen molar-refractivity contribution < 1.29 is 15.0 Å². The lowest BCUT2D eigenvalue weighted by Gasteiger charge is -2.29. The van der Waals surface area contributed by atoms with Crippen LogP contribution in [0.1, 0.15) is 50.7 Å². The Kier molecular flexibility index (Phi) is 6.39. The van der Waals surface area contributed by atoms with Crippen LogP contribution in [0.4, 0.5) is 5.69 Å². The number of halogens is 1. The Balaban J connectivity index is 1.72. The lowest BCUT2D eigenvalue weighted by atomic mass is 9.96. The summed E-state index contributed by atoms with van der Waals surface area (Å²) in [6, 6.07) is 17.1. The average molecular weight is 533 g/mol. The van der Waals surface area contributed by atoms with Crippen molar-refractivity contribution in [2.75, 3.05) is 4.90 Å². The molecule has 7 nitrogen and oxygen atoms in total. The van der Waals surface area contributed by atoms with Crippen LogP contribution in [-0.4, -0.2) is 30.8 Å². The van der Waals surface area contributed by atoms with Crippen molar-refractivity contribution in [2.24, 2.45) is 0 Å². The molecule has 1 aliphatic rings. The van der Waals surface area contributed by atoms with Crippen LogP contribution in [0, 0.1) is 20.8 Å². The average Bonchev–Trinajstić information content (AvgIpc) is 3.36. The molecule has 37 heavy (non-hydrogen) atoms. The Morgan fingerprint density at radius 1 is 1.05 bits per heavy atom. The number of hydrogen-bond donors (Lipinski definition) is 3. The smallest absolute Gasteiger partial charge is 0.335 e. The molecule has 2 unspecified atom stereocenters. The Hall–Kier alpha value is -3.88. The summed E-state index contributed by atoms with van der Waals surface area (Å²) in [5.74, 6) is -0.925. The number of hydrogen-bond acceptors (Lipinski definition) is 4. The fraction of sp³-hybridized carbons (Fsp3) is 0.179. The normalized spacial score (nSPS) is 17.2. The van der Waals surface area contributed by atoms with Gasteiger partial charge in [0.15, 0.2) is 5.11 Å². The molecule has 0 bridgehead atoms. The van der Waals surface area contributed by atoms with Gasteiger partial charge in [0.25, 0.3) is 0 Å². The van der Waals surface area contributed by atoms with Crippen LogP contribution < -0.4 is 10.2 Å². The van der Waals surface area contributed by atoms with Crippen LogP contribution in [0.2, 0.25) is 5.02 Å². The molecule has 4 aromatic rings. The molecule has 0 amide bonds. The summed E-state index contributed by atoms with van der Waals surface area (Å²) in [5.41, 5.74) is 6.06. The van der Waals surface area contributed by atoms with Crippen LogP contribution in [0.5, 0.6) is 5.75 Å². The van der Waals surface area contributed by atoms with E-state index in [0.717, 1.165) is 33.9 Å². The van der Waals surface area contributed by atoms with Gasteiger partial charge in [-0.2, -0.15) is 0 Å². The summed E-state index contributed by atoms with van der Waals surface area (Å²) in [5, 5.41) is 24.7. The molecule has 3 N–H and O–H groups in total. The highest BCUT2D eigenvalue weighted by molar-refractivity contribution is 7.80. The van der Waals surface area contributed by atoms with Crippen molar-refractivity contribution in [1.82, 2.24) is 14.9 Å². The van der Waals surface area contributed by atoms with Gasteiger partial charge in [0.2, 0.25) is 0 Å². The van der Waals surface area contributed by atoms with Gasteiger partial charge in [-0.05, 0) is 92.6 Å². The molecular weight excluding hydrogens is 508 g/mol. The Morgan fingerprint density at radius 2 is 1.84 bits per heavy atom. The topological polar surface area (TPSA) is 90.6 Å². The monoisotopic (exact) mass is 532 g/mol. The second-order valence-electron chi connectivity index (χ2n) is 9.10. The number of aromatic nitrogens is 2. The number of anilines is 1. The zero-order valence-electron chi connectivity index (χ0n) is 20.4. The molecule has 1 fully saturated rings. The first-order valence-corrected chi connectivity index (χ1v) is 12.5. The van der Waals surface area contributed by atoms with Crippen LogP contribution in [0.15, 0.2) is 66.9 Å². The number of aryl methyl sites for hydroxylation is 2. The van der Waals surface area contributed by atoms with E-state index in [1.54, 1.807) is 36.5 Å². The number of carbonyl (C=O) groups is 1. The number of aromatic carboxylic acids is 1. The summed E-state index contributed by atoms with van der Waals surface area (Å²) < 4.78 is 2.06. The number of aromatic hydroxyl groups is 1. The predicted octanol–water partition coefficient (Wildman–Crippen LogP) is 6.03. The van der Waals surface area contributed by atoms with Crippen LogP contribution in [0.25, 0.3) is 5.69 Å². The van der Waals surface area contributed by atoms with Crippen LogP contribution in [-0.2, 0) is 0 Å². The van der Waals surface area contributed by atoms with Gasteiger partial charge in [0.05, 0.1) is 29.0 Å². The molecule has 2 atom stereocenters. The third-order valence-electron chi connectivity index (χ3n) is 6.78. The molecule has 9 heteroatoms. The summed E-state index contributed by atoms with van der Waals surface area (Å²) in [6.45, 7) is 5.95. The maximum Gasteiger partial charge on any atom is 0.335 e. The quantitative estimate of drug-likeness (QED) is 0.270. The minimum atomic E-state index is -0.980. The van der Waals surface area contributed by atoms with Crippen LogP contribution >= 0.6 is 23.8 Å². The third-order valence-corrected chi connectivity index (χ3v) is 7.33. The van der Waals surface area contributed by atoms with Crippen molar-refractivity contribution in [3.05, 3.63) is 106 Å². The Morgan fingerprint density at radius 3 is 2.54 bits per heavy atom. The van der Waals surface area contributed by atoms with E-state index in [1.165, 1.54) is 0 Å². The molecule has 2 aromatic heterocycles. The van der Waals surface area contributed by atoms with Gasteiger partial charge < -0.3 is 25.0 Å². The maximum absolute atomic E-state index is 11.7. The molecule has 0 spiro atoms. The number of nitrogens with one attached hydrogen (secondary N) is 1. The lowest BCUT2D eigenvalue weighted by molar-refractivity contribution is 0.0697. The SMILES string of the molecule is Cc1ccc(C(=O)O)cc1-n1c(C)cc(C2C(c3ccccn3)NC(=S)N2c2cc(Cl)ccc2O)c1C. The van der Waals surface area contributed by atoms with Crippen LogP contribution in [0.3, 0.4) is 0 Å². The van der Waals surface area contributed by atoms with Gasteiger partial charge in [0, 0.05) is 28.3 Å². The second kappa shape index (κ2) is 9.53. The predicted molar refractivity (Wildman–Crippen MR) is 148 cm³/mol. The van der Waals surface area contributed by atoms with E-state index in [9.17, 15) is 15.0 Å². The van der Waals surface area contributed by atoms with E-state index in [0.29, 0.717) is 15.8 Å². The number of pyridine rings is 1. The van der Waals surface area contributed by atoms with E-state index in [2.05, 4.69) is 20.9 Å². The number of carboxylic acid groups (broad SMARTS) is 1. The number of benzene rings is 2. The fourth-order valence-electron chi connectivity index (χ4n) is 5.06. The van der Waals surface area contributed by atoms with Gasteiger partial charge in [-0.3, -0.25) is 4.98 Å². The van der Waals surface area contributed by atoms with Crippen molar-refractivity contribution in [2.45, 2.75) is 32.9 Å². The van der Waals surface area contributed by atoms with Crippen molar-refractivity contribution in [1.29, 1.82) is 0 Å². The molecule has 0 saturated carbocycles. The summed E-state index contributed by atoms with van der Waals surface area (Å²) in [4.78, 5) is 18.2. The first-order valence-electron chi connectivity index (χ1n) is 11.7. The van der Waals surface area contributed by atoms with Crippen molar-refractivity contribution in [3.8, 4) is 11.4 Å². The summed E-state index contributed by atoms with van der Waals surface area (Å²) in [6.07, 6.45) is 1.74. The zero-order chi connectivity index (χ0) is 26.4. The number of carboxylic acids is 1. The van der Waals surface area contributed by atoms with E-state index in [1.807, 2.05) is 49.9 Å². The molecule has 0 aliphatic carbocycles. The maximum atomic E-state index is 11.7. The van der Waals surface area contributed by atoms with Gasteiger partial charge in [-0.25, -0.2) is 4.79 Å². The van der Waals surface area contributed by atoms with Gasteiger partial charge in [-0.1, -0.05) is 23.7 Å². The van der Waals surface area contributed by atoms with E-state index >= 15 is 0 Å². The standard InChI is InChI=1S/C28H25ClN4O3S/c1-15-7-8-18(27(35)36)13-22(15)32-16(2)12-20(17(32)3)26-25(21-6-4-5-11-30-21)31-28(37)33(26)23-14-19(29)9-10-24(23)34/h4-14,25-26,34H,1-3H3,(H,31,37)(H,35,36). The molecule has 2 aromatic carbocycles. The fourth-order valence-corrected chi connectivity index (χ4v) is 5.57. The number of thiocarbonyl (C=S) groups is 1. The Labute approximate surface area is 225 Å². The summed E-state index contributed by atoms with van der Waals surface area (Å²) in [7, 11) is 0. The van der Waals surface area contributed by atoms with E-state index in [4.69, 9.17) is 23.8 Å². The third kappa shape index (κ3) is 4.32. The second-order valence-corrected chi connectivity index (χ2v) is 9.92. The minimum Gasteiger partial charge on any atom is -0.506 e. The number of phenols is 1. The molecule has 1 saturated heterocycles. The minimum absolute atomic E-state index is 0.0547. The number of rotatable bonds is 5. The van der Waals surface area contributed by atoms with Gasteiger partial charge >= 0.3 is 5.97 Å². The molecule has 0 radical (unpaired) electrons. The highest BCUT2D eigenvalue weighted by atomic mass is 35.5. The highest BCUT2D eigenvalue weighted by Gasteiger charge is 2.43. The summed E-state index contributed by atoms with van der Waals surface area (Å²) >= 11 is 12.1. The zero-order valence-corrected chi connectivity index (χ0v) is 22.0. The number of nitrogens with zero attached hydrogens (tertiary/aromatic N) is 3. The Bertz CT molecular complexity index is 1540. The molecule has 188 valence electrons. The molecule has 1 aliphatic heterocycles. The van der Waals surface area contributed by atoms with Gasteiger partial charge in [0.1, 0.15) is 5.75 Å². The first-order chi connectivity index (χ1) is 17.7. The molecule has 3 heterocycles. The number of phenolic OH excluding ortho intramolecular Hbond substituents is 1. The molecular formula is C28H25ClN4O3S.